The summed E-state index contributed by atoms with van der Waals surface area (Å²) in [5.41, 5.74) is 2.04. The number of hydrogen-bond donors (Lipinski definition) is 3. The summed E-state index contributed by atoms with van der Waals surface area (Å²) in [6, 6.07) is 7.82. The fourth-order valence-corrected chi connectivity index (χ4v) is 3.89. The monoisotopic (exact) mass is 483 g/mol. The Morgan fingerprint density at radius 3 is 2.57 bits per heavy atom. The molecule has 10 heteroatoms. The Morgan fingerprint density at radius 1 is 1.14 bits per heavy atom. The van der Waals surface area contributed by atoms with E-state index in [0.717, 1.165) is 18.4 Å². The van der Waals surface area contributed by atoms with Gasteiger partial charge in [-0.3, -0.25) is 19.4 Å². The van der Waals surface area contributed by atoms with E-state index >= 15 is 0 Å². The second kappa shape index (κ2) is 11.8. The number of carbonyl (C=O) groups excluding carboxylic acids is 2. The maximum atomic E-state index is 12.6. The highest BCUT2D eigenvalue weighted by atomic mass is 16.5. The Kier molecular flexibility index (Phi) is 8.36. The number of amides is 2. The van der Waals surface area contributed by atoms with Gasteiger partial charge in [-0.2, -0.15) is 0 Å². The van der Waals surface area contributed by atoms with Crippen LogP contribution >= 0.6 is 0 Å². The topological polar surface area (TPSA) is 126 Å². The molecule has 2 amide bonds. The molecule has 2 aromatic rings. The lowest BCUT2D eigenvalue weighted by Crippen LogP contribution is -2.38. The van der Waals surface area contributed by atoms with Gasteiger partial charge in [0.1, 0.15) is 5.75 Å². The molecule has 0 atom stereocenters. The Balaban J connectivity index is 1.17. The maximum Gasteiger partial charge on any atom is 0.258 e. The van der Waals surface area contributed by atoms with Gasteiger partial charge >= 0.3 is 0 Å². The molecule has 1 saturated heterocycles. The van der Waals surface area contributed by atoms with Crippen LogP contribution in [0.5, 0.6) is 5.75 Å². The van der Waals surface area contributed by atoms with E-state index in [-0.39, 0.29) is 30.4 Å². The van der Waals surface area contributed by atoms with E-state index in [0.29, 0.717) is 74.7 Å². The molecule has 2 fully saturated rings. The minimum absolute atomic E-state index is 0.0136. The van der Waals surface area contributed by atoms with Gasteiger partial charge in [-0.1, -0.05) is 12.1 Å². The van der Waals surface area contributed by atoms with Gasteiger partial charge in [-0.05, 0) is 50.3 Å². The van der Waals surface area contributed by atoms with Gasteiger partial charge in [-0.25, -0.2) is 4.98 Å². The molecule has 1 aromatic carbocycles. The zero-order chi connectivity index (χ0) is 24.6. The van der Waals surface area contributed by atoms with Crippen LogP contribution in [0.4, 0.5) is 5.95 Å². The molecule has 3 N–H and O–H groups in total. The third-order valence-electron chi connectivity index (χ3n) is 6.09. The average Bonchev–Trinajstić information content (AvgIpc) is 3.67. The molecule has 1 saturated carbocycles. The Labute approximate surface area is 204 Å². The number of benzene rings is 1. The van der Waals surface area contributed by atoms with Crippen molar-refractivity contribution in [1.29, 1.82) is 0 Å². The van der Waals surface area contributed by atoms with E-state index in [1.807, 2.05) is 29.2 Å². The second-order valence-electron chi connectivity index (χ2n) is 8.93. The van der Waals surface area contributed by atoms with Crippen LogP contribution in [-0.4, -0.2) is 67.3 Å². The van der Waals surface area contributed by atoms with Crippen molar-refractivity contribution in [3.63, 3.8) is 0 Å². The van der Waals surface area contributed by atoms with Crippen molar-refractivity contribution in [2.24, 2.45) is 0 Å². The van der Waals surface area contributed by atoms with E-state index in [9.17, 15) is 14.4 Å². The second-order valence-corrected chi connectivity index (χ2v) is 8.93. The van der Waals surface area contributed by atoms with Crippen molar-refractivity contribution in [3.05, 3.63) is 51.4 Å². The Hall–Kier alpha value is -3.40. The predicted molar refractivity (Wildman–Crippen MR) is 131 cm³/mol. The summed E-state index contributed by atoms with van der Waals surface area (Å²) in [6.07, 6.45) is 3.33. The largest absolute Gasteiger partial charge is 0.484 e. The zero-order valence-corrected chi connectivity index (χ0v) is 20.1. The molecule has 4 rings (SSSR count). The lowest BCUT2D eigenvalue weighted by atomic mass is 10.1. The van der Waals surface area contributed by atoms with Crippen LogP contribution in [0.3, 0.4) is 0 Å². The highest BCUT2D eigenvalue weighted by Gasteiger charge is 2.23. The summed E-state index contributed by atoms with van der Waals surface area (Å²) >= 11 is 0. The summed E-state index contributed by atoms with van der Waals surface area (Å²) in [6.45, 7) is 4.92. The summed E-state index contributed by atoms with van der Waals surface area (Å²) in [5, 5.41) is 5.79. The third kappa shape index (κ3) is 7.54. The number of morpholine rings is 1. The van der Waals surface area contributed by atoms with Crippen LogP contribution in [0.2, 0.25) is 0 Å². The number of aryl methyl sites for hydroxylation is 1. The van der Waals surface area contributed by atoms with Gasteiger partial charge in [0, 0.05) is 43.4 Å². The first-order valence-electron chi connectivity index (χ1n) is 12.2. The third-order valence-corrected chi connectivity index (χ3v) is 6.09. The van der Waals surface area contributed by atoms with Crippen molar-refractivity contribution < 1.29 is 19.1 Å². The Bertz CT molecular complexity index is 1070. The molecule has 0 radical (unpaired) electrons. The van der Waals surface area contributed by atoms with Gasteiger partial charge < -0.3 is 25.0 Å². The summed E-state index contributed by atoms with van der Waals surface area (Å²) in [4.78, 5) is 45.9. The van der Waals surface area contributed by atoms with Crippen LogP contribution in [0.25, 0.3) is 0 Å². The normalized spacial score (nSPS) is 15.5. The number of anilines is 1. The molecule has 0 spiro atoms. The number of rotatable bonds is 11. The highest BCUT2D eigenvalue weighted by molar-refractivity contribution is 5.78. The van der Waals surface area contributed by atoms with Crippen molar-refractivity contribution in [2.75, 3.05) is 44.4 Å². The fraction of sp³-hybridized carbons (Fsp3) is 0.520. The minimum atomic E-state index is -0.195. The number of ether oxygens (including phenoxy) is 2. The van der Waals surface area contributed by atoms with Gasteiger partial charge in [0.05, 0.1) is 13.2 Å². The van der Waals surface area contributed by atoms with E-state index in [4.69, 9.17) is 9.47 Å². The number of H-pyrrole nitrogens is 1. The molecule has 188 valence electrons. The smallest absolute Gasteiger partial charge is 0.258 e. The van der Waals surface area contributed by atoms with Crippen molar-refractivity contribution in [3.8, 4) is 5.75 Å². The average molecular weight is 484 g/mol. The van der Waals surface area contributed by atoms with Gasteiger partial charge in [0.25, 0.3) is 11.5 Å². The molecule has 35 heavy (non-hydrogen) atoms. The summed E-state index contributed by atoms with van der Waals surface area (Å²) < 4.78 is 10.8. The number of aromatic nitrogens is 2. The van der Waals surface area contributed by atoms with Crippen molar-refractivity contribution in [1.82, 2.24) is 20.6 Å². The molecule has 1 aliphatic carbocycles. The number of nitrogens with one attached hydrogen (secondary N) is 3. The minimum Gasteiger partial charge on any atom is -0.484 e. The molecule has 2 aliphatic rings. The van der Waals surface area contributed by atoms with Gasteiger partial charge in [-0.15, -0.1) is 0 Å². The first kappa shape index (κ1) is 24.7. The van der Waals surface area contributed by atoms with E-state index in [1.165, 1.54) is 0 Å². The summed E-state index contributed by atoms with van der Waals surface area (Å²) in [5.74, 6) is 0.988. The molecule has 0 bridgehead atoms. The highest BCUT2D eigenvalue weighted by Crippen LogP contribution is 2.18. The lowest BCUT2D eigenvalue weighted by Gasteiger charge is -2.27. The van der Waals surface area contributed by atoms with Crippen LogP contribution in [0, 0.1) is 6.92 Å². The number of nitrogens with zero attached hydrogens (tertiary/aromatic N) is 2. The molecule has 1 aromatic heterocycles. The molecule has 0 unspecified atom stereocenters. The standard InChI is InChI=1S/C25H33N5O5/c1-17-21(24(33)29-25(27-17)30-12-14-34-15-13-30)8-9-22(31)26-11-10-18-2-6-20(7-3-18)35-16-23(32)28-19-4-5-19/h2-3,6-7,19H,4-5,8-16H2,1H3,(H,26,31)(H,28,32)(H,27,29,33). The molecular formula is C25H33N5O5. The lowest BCUT2D eigenvalue weighted by molar-refractivity contribution is -0.123. The van der Waals surface area contributed by atoms with Gasteiger partial charge in [0.15, 0.2) is 6.61 Å². The quantitative estimate of drug-likeness (QED) is 0.433. The van der Waals surface area contributed by atoms with Crippen LogP contribution in [0.15, 0.2) is 29.1 Å². The number of carbonyl (C=O) groups is 2. The first-order valence-corrected chi connectivity index (χ1v) is 12.2. The van der Waals surface area contributed by atoms with Crippen LogP contribution < -0.4 is 25.8 Å². The van der Waals surface area contributed by atoms with E-state index in [1.54, 1.807) is 6.92 Å². The van der Waals surface area contributed by atoms with Crippen LogP contribution in [0.1, 0.15) is 36.1 Å². The molecule has 10 nitrogen and oxygen atoms in total. The van der Waals surface area contributed by atoms with Crippen molar-refractivity contribution >= 4 is 17.8 Å². The zero-order valence-electron chi connectivity index (χ0n) is 20.1. The maximum absolute atomic E-state index is 12.6. The SMILES string of the molecule is Cc1nc(N2CCOCC2)[nH]c(=O)c1CCC(=O)NCCc1ccc(OCC(=O)NC2CC2)cc1. The number of hydrogen-bond acceptors (Lipinski definition) is 7. The van der Waals surface area contributed by atoms with E-state index in [2.05, 4.69) is 20.6 Å². The van der Waals surface area contributed by atoms with Crippen LogP contribution in [-0.2, 0) is 27.2 Å². The first-order chi connectivity index (χ1) is 17.0. The van der Waals surface area contributed by atoms with Gasteiger partial charge in [0.2, 0.25) is 11.9 Å². The molecule has 2 heterocycles. The molecular weight excluding hydrogens is 450 g/mol. The van der Waals surface area contributed by atoms with E-state index < -0.39 is 0 Å². The number of aromatic amines is 1. The Morgan fingerprint density at radius 2 is 1.89 bits per heavy atom. The predicted octanol–water partition coefficient (Wildman–Crippen LogP) is 0.864. The molecule has 1 aliphatic heterocycles. The fourth-order valence-electron chi connectivity index (χ4n) is 3.89. The summed E-state index contributed by atoms with van der Waals surface area (Å²) in [7, 11) is 0. The van der Waals surface area contributed by atoms with Crippen molar-refractivity contribution in [2.45, 2.75) is 45.1 Å².